The molecule has 0 aliphatic rings. The number of carbonyl (C=O) groups excluding carboxylic acids is 1. The van der Waals surface area contributed by atoms with Crippen molar-refractivity contribution in [2.45, 2.75) is 26.9 Å². The van der Waals surface area contributed by atoms with E-state index in [1.165, 1.54) is 29.9 Å². The number of halogens is 1. The summed E-state index contributed by atoms with van der Waals surface area (Å²) in [6, 6.07) is 6.10. The van der Waals surface area contributed by atoms with Gasteiger partial charge in [0, 0.05) is 0 Å². The normalized spacial score (nSPS) is 12.4. The van der Waals surface area contributed by atoms with Gasteiger partial charge in [0.1, 0.15) is 5.82 Å². The molecule has 20 heavy (non-hydrogen) atoms. The Morgan fingerprint density at radius 3 is 2.75 bits per heavy atom. The maximum absolute atomic E-state index is 13.2. The Hall–Kier alpha value is -2.17. The van der Waals surface area contributed by atoms with Gasteiger partial charge in [-0.05, 0) is 31.0 Å². The standard InChI is InChI=1S/C15H17FN2O2/c1-10(2)15(11(3)19)20-14-8-17-18(9-14)13-6-4-5-12(16)7-13/h4-10,15H,1-3H3. The number of hydrogen-bond acceptors (Lipinski definition) is 3. The lowest BCUT2D eigenvalue weighted by Crippen LogP contribution is -2.30. The number of benzene rings is 1. The van der Waals surface area contributed by atoms with Gasteiger partial charge >= 0.3 is 0 Å². The van der Waals surface area contributed by atoms with Gasteiger partial charge in [-0.1, -0.05) is 19.9 Å². The molecule has 5 heteroatoms. The third-order valence-corrected chi connectivity index (χ3v) is 2.90. The number of ketones is 1. The molecule has 0 amide bonds. The fraction of sp³-hybridized carbons (Fsp3) is 0.333. The van der Waals surface area contributed by atoms with Gasteiger partial charge in [-0.2, -0.15) is 5.10 Å². The quantitative estimate of drug-likeness (QED) is 0.843. The van der Waals surface area contributed by atoms with Crippen molar-refractivity contribution in [3.63, 3.8) is 0 Å². The van der Waals surface area contributed by atoms with Crippen LogP contribution in [0.2, 0.25) is 0 Å². The lowest BCUT2D eigenvalue weighted by Gasteiger charge is -2.18. The molecule has 2 rings (SSSR count). The summed E-state index contributed by atoms with van der Waals surface area (Å²) in [6.45, 7) is 5.34. The highest BCUT2D eigenvalue weighted by Crippen LogP contribution is 2.18. The molecule has 0 aliphatic carbocycles. The molecule has 0 saturated carbocycles. The molecule has 1 heterocycles. The lowest BCUT2D eigenvalue weighted by atomic mass is 10.0. The molecule has 0 spiro atoms. The maximum atomic E-state index is 13.2. The van der Waals surface area contributed by atoms with E-state index in [1.807, 2.05) is 13.8 Å². The molecule has 1 unspecified atom stereocenters. The van der Waals surface area contributed by atoms with Crippen molar-refractivity contribution < 1.29 is 13.9 Å². The van der Waals surface area contributed by atoms with Crippen molar-refractivity contribution in [1.82, 2.24) is 9.78 Å². The molecule has 0 N–H and O–H groups in total. The topological polar surface area (TPSA) is 44.1 Å². The van der Waals surface area contributed by atoms with Crippen LogP contribution in [0.15, 0.2) is 36.7 Å². The van der Waals surface area contributed by atoms with Gasteiger partial charge < -0.3 is 4.74 Å². The number of hydrogen-bond donors (Lipinski definition) is 0. The van der Waals surface area contributed by atoms with E-state index in [0.29, 0.717) is 11.4 Å². The first-order valence-electron chi connectivity index (χ1n) is 6.45. The summed E-state index contributed by atoms with van der Waals surface area (Å²) in [5, 5.41) is 4.11. The van der Waals surface area contributed by atoms with Crippen LogP contribution in [0.3, 0.4) is 0 Å². The minimum absolute atomic E-state index is 0.0292. The van der Waals surface area contributed by atoms with Crippen LogP contribution < -0.4 is 4.74 Å². The Bertz CT molecular complexity index is 607. The average molecular weight is 276 g/mol. The Balaban J connectivity index is 2.19. The Labute approximate surface area is 117 Å². The number of nitrogens with zero attached hydrogens (tertiary/aromatic N) is 2. The highest BCUT2D eigenvalue weighted by Gasteiger charge is 2.21. The third kappa shape index (κ3) is 3.23. The zero-order valence-corrected chi connectivity index (χ0v) is 11.7. The zero-order valence-electron chi connectivity index (χ0n) is 11.7. The van der Waals surface area contributed by atoms with Crippen LogP contribution in [-0.4, -0.2) is 21.7 Å². The number of rotatable bonds is 5. The molecule has 0 bridgehead atoms. The van der Waals surface area contributed by atoms with Crippen LogP contribution >= 0.6 is 0 Å². The molecule has 1 atom stereocenters. The van der Waals surface area contributed by atoms with E-state index in [4.69, 9.17) is 4.74 Å². The summed E-state index contributed by atoms with van der Waals surface area (Å²) in [7, 11) is 0. The summed E-state index contributed by atoms with van der Waals surface area (Å²) in [6.07, 6.45) is 2.65. The number of aromatic nitrogens is 2. The smallest absolute Gasteiger partial charge is 0.170 e. The molecule has 0 aliphatic heterocycles. The molecule has 1 aromatic heterocycles. The second-order valence-electron chi connectivity index (χ2n) is 4.99. The Morgan fingerprint density at radius 2 is 2.15 bits per heavy atom. The second-order valence-corrected chi connectivity index (χ2v) is 4.99. The fourth-order valence-corrected chi connectivity index (χ4v) is 1.96. The van der Waals surface area contributed by atoms with Crippen LogP contribution in [0.25, 0.3) is 5.69 Å². The van der Waals surface area contributed by atoms with E-state index in [-0.39, 0.29) is 17.5 Å². The van der Waals surface area contributed by atoms with Crippen molar-refractivity contribution in [2.24, 2.45) is 5.92 Å². The molecule has 4 nitrogen and oxygen atoms in total. The van der Waals surface area contributed by atoms with E-state index in [2.05, 4.69) is 5.10 Å². The largest absolute Gasteiger partial charge is 0.479 e. The van der Waals surface area contributed by atoms with Crippen molar-refractivity contribution in [3.8, 4) is 11.4 Å². The number of carbonyl (C=O) groups is 1. The molecule has 106 valence electrons. The van der Waals surface area contributed by atoms with E-state index in [9.17, 15) is 9.18 Å². The van der Waals surface area contributed by atoms with Crippen molar-refractivity contribution >= 4 is 5.78 Å². The van der Waals surface area contributed by atoms with Crippen LogP contribution in [0.5, 0.6) is 5.75 Å². The van der Waals surface area contributed by atoms with Gasteiger partial charge in [0.25, 0.3) is 0 Å². The van der Waals surface area contributed by atoms with E-state index >= 15 is 0 Å². The van der Waals surface area contributed by atoms with Gasteiger partial charge in [-0.25, -0.2) is 9.07 Å². The van der Waals surface area contributed by atoms with E-state index in [0.717, 1.165) is 0 Å². The summed E-state index contributed by atoms with van der Waals surface area (Å²) < 4.78 is 20.3. The minimum atomic E-state index is -0.500. The maximum Gasteiger partial charge on any atom is 0.170 e. The van der Waals surface area contributed by atoms with Gasteiger partial charge in [0.2, 0.25) is 0 Å². The number of ether oxygens (including phenoxy) is 1. The van der Waals surface area contributed by atoms with Gasteiger partial charge in [0.15, 0.2) is 17.6 Å². The van der Waals surface area contributed by atoms with Gasteiger partial charge in [0.05, 0.1) is 18.1 Å². The van der Waals surface area contributed by atoms with Crippen molar-refractivity contribution in [3.05, 3.63) is 42.5 Å². The van der Waals surface area contributed by atoms with Crippen LogP contribution in [0.4, 0.5) is 4.39 Å². The van der Waals surface area contributed by atoms with Gasteiger partial charge in [-0.15, -0.1) is 0 Å². The average Bonchev–Trinajstić information content (AvgIpc) is 2.83. The molecule has 2 aromatic rings. The monoisotopic (exact) mass is 276 g/mol. The molecule has 0 fully saturated rings. The first kappa shape index (κ1) is 14.2. The summed E-state index contributed by atoms with van der Waals surface area (Å²) in [5.74, 6) is 0.205. The minimum Gasteiger partial charge on any atom is -0.479 e. The van der Waals surface area contributed by atoms with Gasteiger partial charge in [-0.3, -0.25) is 4.79 Å². The molecule has 0 saturated heterocycles. The SMILES string of the molecule is CC(=O)C(Oc1cnn(-c2cccc(F)c2)c1)C(C)C. The molecule has 1 aromatic carbocycles. The summed E-state index contributed by atoms with van der Waals surface area (Å²) in [5.41, 5.74) is 0.601. The second kappa shape index (κ2) is 5.86. The van der Waals surface area contributed by atoms with Crippen LogP contribution in [0.1, 0.15) is 20.8 Å². The fourth-order valence-electron chi connectivity index (χ4n) is 1.96. The van der Waals surface area contributed by atoms with Crippen LogP contribution in [-0.2, 0) is 4.79 Å². The number of Topliss-reactive ketones (excluding diaryl/α,β-unsaturated/α-hetero) is 1. The van der Waals surface area contributed by atoms with Crippen molar-refractivity contribution in [2.75, 3.05) is 0 Å². The van der Waals surface area contributed by atoms with E-state index < -0.39 is 6.10 Å². The summed E-state index contributed by atoms with van der Waals surface area (Å²) in [4.78, 5) is 11.5. The highest BCUT2D eigenvalue weighted by molar-refractivity contribution is 5.81. The highest BCUT2D eigenvalue weighted by atomic mass is 19.1. The zero-order chi connectivity index (χ0) is 14.7. The summed E-state index contributed by atoms with van der Waals surface area (Å²) >= 11 is 0. The predicted octanol–water partition coefficient (Wildman–Crippen LogP) is 3.00. The Kier molecular flexibility index (Phi) is 4.17. The first-order valence-corrected chi connectivity index (χ1v) is 6.45. The third-order valence-electron chi connectivity index (χ3n) is 2.90. The predicted molar refractivity (Wildman–Crippen MR) is 73.5 cm³/mol. The van der Waals surface area contributed by atoms with Crippen LogP contribution in [0, 0.1) is 11.7 Å². The first-order chi connectivity index (χ1) is 9.47. The molecule has 0 radical (unpaired) electrons. The molecular weight excluding hydrogens is 259 g/mol. The Morgan fingerprint density at radius 1 is 1.40 bits per heavy atom. The van der Waals surface area contributed by atoms with E-state index in [1.54, 1.807) is 18.3 Å². The van der Waals surface area contributed by atoms with Crippen molar-refractivity contribution in [1.29, 1.82) is 0 Å². The lowest BCUT2D eigenvalue weighted by molar-refractivity contribution is -0.125. The molecular formula is C15H17FN2O2.